The standard InChI is InChI=1S/C8H8FO2.K/c1-10-6-11-8-4-2-7(9)3-5-8;/h2,4-5H,6H2,1H3;/q-1;+1. The quantitative estimate of drug-likeness (QED) is 0.335. The van der Waals surface area contributed by atoms with Gasteiger partial charge < -0.3 is 9.47 Å². The van der Waals surface area contributed by atoms with Crippen LogP contribution in [0, 0.1) is 11.9 Å². The number of hydrogen-bond donors (Lipinski definition) is 0. The van der Waals surface area contributed by atoms with Crippen molar-refractivity contribution in [3.8, 4) is 5.75 Å². The predicted octanol–water partition coefficient (Wildman–Crippen LogP) is -1.39. The Bertz CT molecular complexity index is 213. The Kier molecular flexibility index (Phi) is 7.32. The van der Waals surface area contributed by atoms with E-state index >= 15 is 0 Å². The van der Waals surface area contributed by atoms with Gasteiger partial charge in [0.15, 0.2) is 6.79 Å². The molecule has 0 aliphatic rings. The van der Waals surface area contributed by atoms with Crippen molar-refractivity contribution >= 4 is 0 Å². The summed E-state index contributed by atoms with van der Waals surface area (Å²) in [6.07, 6.45) is 0. The first kappa shape index (κ1) is 12.5. The van der Waals surface area contributed by atoms with Crippen molar-refractivity contribution in [2.45, 2.75) is 0 Å². The van der Waals surface area contributed by atoms with E-state index in [-0.39, 0.29) is 58.2 Å². The van der Waals surface area contributed by atoms with Gasteiger partial charge in [-0.15, -0.1) is 24.3 Å². The molecule has 0 atom stereocenters. The van der Waals surface area contributed by atoms with Gasteiger partial charge in [-0.2, -0.15) is 0 Å². The molecule has 2 nitrogen and oxygen atoms in total. The first-order valence-electron chi connectivity index (χ1n) is 3.12. The van der Waals surface area contributed by atoms with E-state index in [4.69, 9.17) is 4.74 Å². The van der Waals surface area contributed by atoms with Gasteiger partial charge in [0.05, 0.1) is 0 Å². The maximum absolute atomic E-state index is 12.3. The zero-order valence-electron chi connectivity index (χ0n) is 7.13. The maximum atomic E-state index is 12.3. The van der Waals surface area contributed by atoms with E-state index < -0.39 is 5.82 Å². The molecule has 0 aliphatic carbocycles. The first-order chi connectivity index (χ1) is 5.33. The molecular formula is C8H8FKO2. The topological polar surface area (TPSA) is 18.5 Å². The summed E-state index contributed by atoms with van der Waals surface area (Å²) in [5, 5.41) is 0. The molecule has 12 heavy (non-hydrogen) atoms. The fraction of sp³-hybridized carbons (Fsp3) is 0.250. The molecule has 0 fully saturated rings. The van der Waals surface area contributed by atoms with E-state index in [1.54, 1.807) is 0 Å². The predicted molar refractivity (Wildman–Crippen MR) is 37.7 cm³/mol. The Balaban J connectivity index is 0.00000121. The van der Waals surface area contributed by atoms with E-state index in [2.05, 4.69) is 10.8 Å². The van der Waals surface area contributed by atoms with Crippen LogP contribution in [0.25, 0.3) is 0 Å². The molecule has 1 aromatic carbocycles. The zero-order valence-corrected chi connectivity index (χ0v) is 10.3. The van der Waals surface area contributed by atoms with Crippen molar-refractivity contribution < 1.29 is 65.2 Å². The van der Waals surface area contributed by atoms with Gasteiger partial charge >= 0.3 is 51.4 Å². The van der Waals surface area contributed by atoms with Crippen LogP contribution in [0.3, 0.4) is 0 Å². The van der Waals surface area contributed by atoms with Crippen LogP contribution in [0.15, 0.2) is 18.2 Å². The van der Waals surface area contributed by atoms with Crippen LogP contribution in [-0.4, -0.2) is 13.9 Å². The van der Waals surface area contributed by atoms with Gasteiger partial charge in [-0.3, -0.25) is 0 Å². The number of benzene rings is 1. The van der Waals surface area contributed by atoms with Crippen LogP contribution < -0.4 is 56.1 Å². The summed E-state index contributed by atoms with van der Waals surface area (Å²) in [5.74, 6) is 0.156. The number of methoxy groups -OCH3 is 1. The van der Waals surface area contributed by atoms with Gasteiger partial charge in [-0.05, 0) is 0 Å². The molecule has 0 N–H and O–H groups in total. The summed E-state index contributed by atoms with van der Waals surface area (Å²) < 4.78 is 21.9. The number of rotatable bonds is 3. The summed E-state index contributed by atoms with van der Waals surface area (Å²) >= 11 is 0. The summed E-state index contributed by atoms with van der Waals surface area (Å²) in [5.41, 5.74) is 0. The van der Waals surface area contributed by atoms with Gasteiger partial charge in [0, 0.05) is 18.7 Å². The second-order valence-corrected chi connectivity index (χ2v) is 1.92. The third kappa shape index (κ3) is 4.54. The maximum Gasteiger partial charge on any atom is 1.00 e. The monoisotopic (exact) mass is 194 g/mol. The smallest absolute Gasteiger partial charge is 0.528 e. The minimum atomic E-state index is -0.394. The van der Waals surface area contributed by atoms with Crippen LogP contribution in [0.1, 0.15) is 0 Å². The average Bonchev–Trinajstić information content (AvgIpc) is 2.04. The summed E-state index contributed by atoms with van der Waals surface area (Å²) in [6.45, 7) is 0.166. The Morgan fingerprint density at radius 1 is 1.50 bits per heavy atom. The van der Waals surface area contributed by atoms with Gasteiger partial charge in [0.25, 0.3) is 0 Å². The molecule has 0 saturated heterocycles. The van der Waals surface area contributed by atoms with Gasteiger partial charge in [0.1, 0.15) is 0 Å². The van der Waals surface area contributed by atoms with E-state index in [1.807, 2.05) is 0 Å². The van der Waals surface area contributed by atoms with Gasteiger partial charge in [-0.25, -0.2) is 4.39 Å². The number of ether oxygens (including phenoxy) is 2. The van der Waals surface area contributed by atoms with Crippen LogP contribution in [0.2, 0.25) is 0 Å². The second-order valence-electron chi connectivity index (χ2n) is 1.92. The molecule has 60 valence electrons. The normalized spacial score (nSPS) is 8.83. The van der Waals surface area contributed by atoms with Crippen molar-refractivity contribution in [3.63, 3.8) is 0 Å². The van der Waals surface area contributed by atoms with Crippen LogP contribution in [-0.2, 0) is 4.74 Å². The molecular weight excluding hydrogens is 186 g/mol. The Morgan fingerprint density at radius 3 is 2.75 bits per heavy atom. The van der Waals surface area contributed by atoms with E-state index in [9.17, 15) is 4.39 Å². The zero-order chi connectivity index (χ0) is 8.10. The third-order valence-corrected chi connectivity index (χ3v) is 1.09. The fourth-order valence-corrected chi connectivity index (χ4v) is 0.608. The molecule has 0 aliphatic heterocycles. The molecule has 4 heteroatoms. The Morgan fingerprint density at radius 2 is 2.25 bits per heavy atom. The van der Waals surface area contributed by atoms with Gasteiger partial charge in [0.2, 0.25) is 0 Å². The van der Waals surface area contributed by atoms with Crippen molar-refractivity contribution in [1.82, 2.24) is 0 Å². The van der Waals surface area contributed by atoms with Gasteiger partial charge in [-0.1, -0.05) is 0 Å². The molecule has 0 heterocycles. The molecule has 0 aromatic heterocycles. The van der Waals surface area contributed by atoms with Crippen molar-refractivity contribution in [2.24, 2.45) is 0 Å². The van der Waals surface area contributed by atoms with Crippen molar-refractivity contribution in [1.29, 1.82) is 0 Å². The van der Waals surface area contributed by atoms with Crippen molar-refractivity contribution in [3.05, 3.63) is 30.1 Å². The Hall–Kier alpha value is 0.546. The summed E-state index contributed by atoms with van der Waals surface area (Å²) in [4.78, 5) is 0. The third-order valence-electron chi connectivity index (χ3n) is 1.09. The second kappa shape index (κ2) is 7.00. The van der Waals surface area contributed by atoms with Crippen LogP contribution >= 0.6 is 0 Å². The minimum Gasteiger partial charge on any atom is -0.528 e. The first-order valence-corrected chi connectivity index (χ1v) is 3.12. The molecule has 0 radical (unpaired) electrons. The van der Waals surface area contributed by atoms with Crippen LogP contribution in [0.5, 0.6) is 5.75 Å². The molecule has 0 amide bonds. The molecule has 0 spiro atoms. The average molecular weight is 194 g/mol. The van der Waals surface area contributed by atoms with E-state index in [0.29, 0.717) is 5.75 Å². The molecule has 0 bridgehead atoms. The molecule has 0 saturated carbocycles. The summed E-state index contributed by atoms with van der Waals surface area (Å²) in [6, 6.07) is 6.59. The number of halogens is 1. The fourth-order valence-electron chi connectivity index (χ4n) is 0.608. The number of hydrogen-bond acceptors (Lipinski definition) is 2. The molecule has 1 rings (SSSR count). The van der Waals surface area contributed by atoms with Crippen LogP contribution in [0.4, 0.5) is 4.39 Å². The van der Waals surface area contributed by atoms with E-state index in [1.165, 1.54) is 25.3 Å². The molecule has 0 unspecified atom stereocenters. The molecule has 1 aromatic rings. The van der Waals surface area contributed by atoms with E-state index in [0.717, 1.165) is 0 Å². The minimum absolute atomic E-state index is 0. The van der Waals surface area contributed by atoms with Crippen molar-refractivity contribution in [2.75, 3.05) is 13.9 Å². The Labute approximate surface area is 113 Å². The summed E-state index contributed by atoms with van der Waals surface area (Å²) in [7, 11) is 1.52. The SMILES string of the molecule is COCOc1c[c-]c(F)cc1.[K+]. The largest absolute Gasteiger partial charge is 1.00 e.